The molecule has 0 spiro atoms. The Morgan fingerprint density at radius 1 is 1.19 bits per heavy atom. The van der Waals surface area contributed by atoms with E-state index in [1.807, 2.05) is 0 Å². The second-order valence-electron chi connectivity index (χ2n) is 7.19. The summed E-state index contributed by atoms with van der Waals surface area (Å²) in [5.74, 6) is -1.13. The minimum Gasteiger partial charge on any atom is -0.435 e. The van der Waals surface area contributed by atoms with Gasteiger partial charge >= 0.3 is 6.09 Å². The van der Waals surface area contributed by atoms with Crippen molar-refractivity contribution < 1.29 is 23.5 Å². The molecule has 0 bridgehead atoms. The summed E-state index contributed by atoms with van der Waals surface area (Å²) in [5.41, 5.74) is 3.61. The van der Waals surface area contributed by atoms with Crippen LogP contribution in [0.1, 0.15) is 11.1 Å². The first-order valence-corrected chi connectivity index (χ1v) is 9.76. The van der Waals surface area contributed by atoms with Gasteiger partial charge in [0.15, 0.2) is 6.10 Å². The highest BCUT2D eigenvalue weighted by molar-refractivity contribution is 6.02. The number of hydrogen-bond acceptors (Lipinski definition) is 5. The molecule has 2 heterocycles. The Kier molecular flexibility index (Phi) is 5.80. The van der Waals surface area contributed by atoms with Crippen LogP contribution in [0.2, 0.25) is 0 Å². The molecule has 3 aromatic rings. The molecular weight excluding hydrogens is 415 g/mol. The van der Waals surface area contributed by atoms with Crippen LogP contribution in [0.5, 0.6) is 0 Å². The quantitative estimate of drug-likeness (QED) is 0.581. The highest BCUT2D eigenvalue weighted by Crippen LogP contribution is 2.24. The molecule has 1 fully saturated rings. The third-order valence-corrected chi connectivity index (χ3v) is 4.91. The van der Waals surface area contributed by atoms with E-state index in [1.54, 1.807) is 60.4 Å². The molecule has 1 saturated heterocycles. The van der Waals surface area contributed by atoms with E-state index >= 15 is 0 Å². The number of aromatic nitrogens is 2. The number of carbonyl (C=O) groups excluding carboxylic acids is 3. The van der Waals surface area contributed by atoms with Crippen molar-refractivity contribution in [3.8, 4) is 11.3 Å². The van der Waals surface area contributed by atoms with E-state index in [2.05, 4.69) is 15.7 Å². The van der Waals surface area contributed by atoms with Crippen molar-refractivity contribution in [3.05, 3.63) is 77.7 Å². The third-order valence-electron chi connectivity index (χ3n) is 4.91. The maximum Gasteiger partial charge on any atom is 0.414 e. The average Bonchev–Trinajstić information content (AvgIpc) is 3.29. The average molecular weight is 434 g/mol. The summed E-state index contributed by atoms with van der Waals surface area (Å²) < 4.78 is 19.8. The summed E-state index contributed by atoms with van der Waals surface area (Å²) in [4.78, 5) is 35.0. The number of cyclic esters (lactones) is 1. The van der Waals surface area contributed by atoms with Crippen LogP contribution in [0, 0.1) is 5.82 Å². The fraction of sp³-hybridized carbons (Fsp3) is 0.130. The highest BCUT2D eigenvalue weighted by Gasteiger charge is 2.31. The SMILES string of the molecule is Cn1ncc(C=CC(=O)Nc2ccc(CC3OC(=O)NC3=O)cc2)c1-c1ccc(F)cc1. The summed E-state index contributed by atoms with van der Waals surface area (Å²) in [6.07, 6.45) is 3.32. The Bertz CT molecular complexity index is 1200. The molecule has 3 amide bonds. The summed E-state index contributed by atoms with van der Waals surface area (Å²) in [6, 6.07) is 12.9. The lowest BCUT2D eigenvalue weighted by atomic mass is 10.1. The number of carbonyl (C=O) groups is 3. The Hall–Kier alpha value is -4.27. The number of anilines is 1. The molecular formula is C23H19FN4O4. The van der Waals surface area contributed by atoms with Gasteiger partial charge in [-0.05, 0) is 48.0 Å². The summed E-state index contributed by atoms with van der Waals surface area (Å²) in [6.45, 7) is 0. The minimum absolute atomic E-state index is 0.249. The smallest absolute Gasteiger partial charge is 0.414 e. The summed E-state index contributed by atoms with van der Waals surface area (Å²) in [7, 11) is 1.77. The van der Waals surface area contributed by atoms with Crippen molar-refractivity contribution in [2.24, 2.45) is 7.05 Å². The fourth-order valence-corrected chi connectivity index (χ4v) is 3.35. The van der Waals surface area contributed by atoms with Gasteiger partial charge in [-0.2, -0.15) is 5.10 Å². The number of hydrogen-bond donors (Lipinski definition) is 2. The van der Waals surface area contributed by atoms with Gasteiger partial charge in [0.05, 0.1) is 11.9 Å². The Morgan fingerprint density at radius 2 is 1.91 bits per heavy atom. The van der Waals surface area contributed by atoms with Crippen LogP contribution >= 0.6 is 0 Å². The van der Waals surface area contributed by atoms with Crippen LogP contribution in [0.25, 0.3) is 17.3 Å². The molecule has 1 aliphatic heterocycles. The molecule has 9 heteroatoms. The molecule has 162 valence electrons. The largest absolute Gasteiger partial charge is 0.435 e. The summed E-state index contributed by atoms with van der Waals surface area (Å²) in [5, 5.41) is 9.06. The number of alkyl carbamates (subject to hydrolysis) is 1. The lowest BCUT2D eigenvalue weighted by Gasteiger charge is -2.08. The van der Waals surface area contributed by atoms with E-state index in [-0.39, 0.29) is 18.1 Å². The number of nitrogens with zero attached hydrogens (tertiary/aromatic N) is 2. The number of halogens is 1. The number of benzene rings is 2. The summed E-state index contributed by atoms with van der Waals surface area (Å²) >= 11 is 0. The molecule has 1 atom stereocenters. The number of aryl methyl sites for hydroxylation is 1. The number of nitrogens with one attached hydrogen (secondary N) is 2. The number of rotatable bonds is 6. The third kappa shape index (κ3) is 4.72. The maximum absolute atomic E-state index is 13.2. The molecule has 8 nitrogen and oxygen atoms in total. The van der Waals surface area contributed by atoms with Gasteiger partial charge < -0.3 is 10.1 Å². The van der Waals surface area contributed by atoms with Gasteiger partial charge in [0.2, 0.25) is 5.91 Å². The van der Waals surface area contributed by atoms with Gasteiger partial charge in [-0.1, -0.05) is 12.1 Å². The van der Waals surface area contributed by atoms with Crippen LogP contribution in [-0.2, 0) is 27.8 Å². The maximum atomic E-state index is 13.2. The van der Waals surface area contributed by atoms with E-state index in [0.717, 1.165) is 16.8 Å². The van der Waals surface area contributed by atoms with Crippen molar-refractivity contribution in [2.45, 2.75) is 12.5 Å². The van der Waals surface area contributed by atoms with Crippen molar-refractivity contribution in [3.63, 3.8) is 0 Å². The van der Waals surface area contributed by atoms with Crippen LogP contribution in [0.3, 0.4) is 0 Å². The van der Waals surface area contributed by atoms with E-state index in [4.69, 9.17) is 4.74 Å². The van der Waals surface area contributed by atoms with Gasteiger partial charge in [0, 0.05) is 36.4 Å². The zero-order valence-electron chi connectivity index (χ0n) is 17.0. The zero-order valence-corrected chi connectivity index (χ0v) is 17.0. The molecule has 32 heavy (non-hydrogen) atoms. The van der Waals surface area contributed by atoms with E-state index in [1.165, 1.54) is 18.2 Å². The van der Waals surface area contributed by atoms with Crippen LogP contribution in [0.15, 0.2) is 60.8 Å². The first-order valence-electron chi connectivity index (χ1n) is 9.76. The van der Waals surface area contributed by atoms with Crippen molar-refractivity contribution in [1.29, 1.82) is 0 Å². The lowest BCUT2D eigenvalue weighted by Crippen LogP contribution is -2.25. The lowest BCUT2D eigenvalue weighted by molar-refractivity contribution is -0.123. The van der Waals surface area contributed by atoms with Crippen LogP contribution in [-0.4, -0.2) is 33.8 Å². The van der Waals surface area contributed by atoms with Crippen molar-refractivity contribution >= 4 is 29.7 Å². The molecule has 2 aromatic carbocycles. The Morgan fingerprint density at radius 3 is 2.56 bits per heavy atom. The predicted octanol–water partition coefficient (Wildman–Crippen LogP) is 3.06. The first kappa shape index (κ1) is 21.0. The zero-order chi connectivity index (χ0) is 22.7. The molecule has 1 aromatic heterocycles. The van der Waals surface area contributed by atoms with Crippen LogP contribution < -0.4 is 10.6 Å². The molecule has 0 radical (unpaired) electrons. The molecule has 2 N–H and O–H groups in total. The molecule has 4 rings (SSSR count). The topological polar surface area (TPSA) is 102 Å². The van der Waals surface area contributed by atoms with E-state index < -0.39 is 18.1 Å². The minimum atomic E-state index is -0.847. The van der Waals surface area contributed by atoms with Gasteiger partial charge in [-0.25, -0.2) is 9.18 Å². The van der Waals surface area contributed by atoms with E-state index in [9.17, 15) is 18.8 Å². The molecule has 0 aliphatic carbocycles. The molecule has 1 unspecified atom stereocenters. The standard InChI is InChI=1S/C23H19FN4O4/c1-28-21(15-4-7-17(24)8-5-15)16(13-25-28)6-11-20(29)26-18-9-2-14(3-10-18)12-19-22(30)27-23(31)32-19/h2-11,13,19H,12H2,1H3,(H,26,29)(H,27,30,31). The second-order valence-corrected chi connectivity index (χ2v) is 7.19. The Balaban J connectivity index is 1.39. The van der Waals surface area contributed by atoms with E-state index in [0.29, 0.717) is 11.3 Å². The fourth-order valence-electron chi connectivity index (χ4n) is 3.35. The Labute approximate surface area is 182 Å². The number of imide groups is 1. The van der Waals surface area contributed by atoms with Gasteiger partial charge in [0.25, 0.3) is 5.91 Å². The van der Waals surface area contributed by atoms with Crippen molar-refractivity contribution in [1.82, 2.24) is 15.1 Å². The van der Waals surface area contributed by atoms with Crippen LogP contribution in [0.4, 0.5) is 14.9 Å². The molecule has 0 saturated carbocycles. The second kappa shape index (κ2) is 8.84. The highest BCUT2D eigenvalue weighted by atomic mass is 19.1. The first-order chi connectivity index (χ1) is 15.4. The molecule has 1 aliphatic rings. The normalized spacial score (nSPS) is 15.6. The van der Waals surface area contributed by atoms with Gasteiger partial charge in [-0.3, -0.25) is 19.6 Å². The van der Waals surface area contributed by atoms with Crippen molar-refractivity contribution in [2.75, 3.05) is 5.32 Å². The van der Waals surface area contributed by atoms with Gasteiger partial charge in [0.1, 0.15) is 5.82 Å². The number of amides is 3. The van der Waals surface area contributed by atoms with Gasteiger partial charge in [-0.15, -0.1) is 0 Å². The predicted molar refractivity (Wildman–Crippen MR) is 115 cm³/mol. The monoisotopic (exact) mass is 434 g/mol. The number of ether oxygens (including phenoxy) is 1.